The molecule has 0 spiro atoms. The number of hydrogen-bond donors (Lipinski definition) is 2. The summed E-state index contributed by atoms with van der Waals surface area (Å²) in [5.41, 5.74) is 12.5. The number of aryl methyl sites for hydroxylation is 2. The van der Waals surface area contributed by atoms with Crippen molar-refractivity contribution in [2.45, 2.75) is 300 Å². The molecule has 1 aliphatic heterocycles. The largest absolute Gasteiger partial charge is 0.487 e. The number of aliphatic hydroxyl groups is 2. The zero-order valence-corrected chi connectivity index (χ0v) is 56.3. The summed E-state index contributed by atoms with van der Waals surface area (Å²) in [6.07, 6.45) is 29.3. The van der Waals surface area contributed by atoms with E-state index in [0.29, 0.717) is 33.9 Å². The maximum atomic E-state index is 10.2. The molecule has 0 radical (unpaired) electrons. The summed E-state index contributed by atoms with van der Waals surface area (Å²) in [5.74, 6) is 5.95. The molecular weight excluding hydrogens is 996 g/mol. The van der Waals surface area contributed by atoms with Crippen LogP contribution in [0.5, 0.6) is 0 Å². The van der Waals surface area contributed by atoms with Crippen molar-refractivity contribution in [1.29, 1.82) is 0 Å². The molecule has 4 atom stereocenters. The Morgan fingerprint density at radius 3 is 1.74 bits per heavy atom. The molecule has 4 rings (SSSR count). The lowest BCUT2D eigenvalue weighted by atomic mass is 9.81. The molecule has 7 heteroatoms. The van der Waals surface area contributed by atoms with E-state index >= 15 is 0 Å². The monoisotopic (exact) mass is 1120 g/mol. The van der Waals surface area contributed by atoms with Crippen LogP contribution >= 0.6 is 0 Å². The van der Waals surface area contributed by atoms with Crippen LogP contribution in [0.3, 0.4) is 0 Å². The molecule has 2 aliphatic rings. The highest BCUT2D eigenvalue weighted by atomic mass is 28.4. The maximum Gasteiger partial charge on any atom is 0.487 e. The molecule has 80 heavy (non-hydrogen) atoms. The predicted octanol–water partition coefficient (Wildman–Crippen LogP) is 20.8. The Kier molecular flexibility index (Phi) is 31.5. The van der Waals surface area contributed by atoms with Gasteiger partial charge in [-0.3, -0.25) is 0 Å². The van der Waals surface area contributed by atoms with Gasteiger partial charge in [0.1, 0.15) is 0 Å². The van der Waals surface area contributed by atoms with E-state index in [1.807, 2.05) is 13.8 Å². The molecule has 1 saturated heterocycles. The van der Waals surface area contributed by atoms with E-state index < -0.39 is 20.0 Å². The summed E-state index contributed by atoms with van der Waals surface area (Å²) in [6.45, 7) is 52.4. The van der Waals surface area contributed by atoms with Crippen molar-refractivity contribution in [3.8, 4) is 12.3 Å². The molecule has 2 aromatic carbocycles. The van der Waals surface area contributed by atoms with E-state index in [4.69, 9.17) is 20.2 Å². The van der Waals surface area contributed by atoms with Gasteiger partial charge in [-0.05, 0) is 198 Å². The molecule has 0 aromatic heterocycles. The molecule has 5 nitrogen and oxygen atoms in total. The van der Waals surface area contributed by atoms with Crippen molar-refractivity contribution in [2.24, 2.45) is 17.3 Å². The van der Waals surface area contributed by atoms with Gasteiger partial charge in [0.05, 0.1) is 29.0 Å². The molecular formula is C73H121BO5Si. The summed E-state index contributed by atoms with van der Waals surface area (Å²) in [5, 5.41) is 20.1. The first-order valence-electron chi connectivity index (χ1n) is 31.7. The number of terminal acetylenes is 1. The second-order valence-electron chi connectivity index (χ2n) is 28.2. The van der Waals surface area contributed by atoms with Crippen LogP contribution in [0, 0.1) is 29.6 Å². The number of rotatable bonds is 28. The fourth-order valence-electron chi connectivity index (χ4n) is 11.7. The van der Waals surface area contributed by atoms with Crippen LogP contribution in [0.2, 0.25) is 16.6 Å². The lowest BCUT2D eigenvalue weighted by Gasteiger charge is -2.45. The van der Waals surface area contributed by atoms with Crippen LogP contribution < -0.4 is 0 Å². The average Bonchev–Trinajstić information content (AvgIpc) is 3.56. The first-order chi connectivity index (χ1) is 37.2. The summed E-state index contributed by atoms with van der Waals surface area (Å²) in [4.78, 5) is 0. The van der Waals surface area contributed by atoms with Gasteiger partial charge >= 0.3 is 7.12 Å². The normalized spacial score (nSPS) is 19.2. The quantitative estimate of drug-likeness (QED) is 0.0385. The highest BCUT2D eigenvalue weighted by Gasteiger charge is 2.50. The molecule has 2 fully saturated rings. The van der Waals surface area contributed by atoms with Gasteiger partial charge in [0.2, 0.25) is 8.32 Å². The fraction of sp³-hybridized carbons (Fsp3) is 0.671. The van der Waals surface area contributed by atoms with Crippen molar-refractivity contribution in [1.82, 2.24) is 0 Å². The number of allylic oxidation sites excluding steroid dienone is 4. The summed E-state index contributed by atoms with van der Waals surface area (Å²) in [7, 11) is -2.13. The van der Waals surface area contributed by atoms with Gasteiger partial charge < -0.3 is 23.9 Å². The van der Waals surface area contributed by atoms with Gasteiger partial charge in [-0.1, -0.05) is 214 Å². The minimum absolute atomic E-state index is 0.146. The van der Waals surface area contributed by atoms with E-state index in [-0.39, 0.29) is 24.4 Å². The molecule has 0 amide bonds. The topological polar surface area (TPSA) is 68.2 Å². The zero-order chi connectivity index (χ0) is 60.6. The summed E-state index contributed by atoms with van der Waals surface area (Å²) < 4.78 is 19.3. The third-order valence-electron chi connectivity index (χ3n) is 17.1. The Morgan fingerprint density at radius 1 is 0.800 bits per heavy atom. The second kappa shape index (κ2) is 34.5. The summed E-state index contributed by atoms with van der Waals surface area (Å²) in [6, 6.07) is 18.0. The second-order valence-corrected chi connectivity index (χ2v) is 33.6. The fourth-order valence-corrected chi connectivity index (χ4v) is 17.4. The highest BCUT2D eigenvalue weighted by Crippen LogP contribution is 2.45. The maximum absolute atomic E-state index is 10.2. The third kappa shape index (κ3) is 25.3. The van der Waals surface area contributed by atoms with Crippen LogP contribution in [-0.2, 0) is 26.6 Å². The number of hydrogen-bond acceptors (Lipinski definition) is 5. The van der Waals surface area contributed by atoms with Gasteiger partial charge in [0.15, 0.2) is 0 Å². The third-order valence-corrected chi connectivity index (χ3v) is 23.2. The molecule has 2 aromatic rings. The molecule has 1 aliphatic carbocycles. The van der Waals surface area contributed by atoms with E-state index in [1.54, 1.807) is 0 Å². The first kappa shape index (κ1) is 72.9. The SMILES string of the molecule is C#CC[C@@H](C)C[C@H](O[Si](C(C)C)(C(C)C)C(C)C)C(=C)C.C=C1/C(=C\C=C(/CCC)c2cccc(CCCCCC(C)(C)O)c2)C[C@@H](C)C[C@@H]1O.CCC/C(=C\B1OC(C)(C)C(C)(C)O1)c1cccc(CCCCCC(C)(C)C)c1. The first-order valence-corrected chi connectivity index (χ1v) is 33.9. The molecule has 450 valence electrons. The van der Waals surface area contributed by atoms with Crippen LogP contribution in [-0.4, -0.2) is 54.7 Å². The molecule has 0 unspecified atom stereocenters. The standard InChI is InChI=1S/C28H42O2.C26H43BO2.C19H36OSi/c1-6-11-24(15-16-25-18-21(2)19-27(29)22(25)3)26-14-10-13-23(20-26)12-8-7-9-17-28(4,5)30;1-9-14-23(20-27-28-25(5,6)26(7,8)29-27)22-17-13-16-21(19-22)15-11-10-12-18-24(2,3)4;1-11-12-18(10)13-19(14(2)3)20-21(15(4)5,16(6)7)17(8)9/h10,13-16,20-21,27,29-30H,3,6-9,11-12,17-19H2,1-2,4-5H3;13,16-17,19-20H,9-12,14-15,18H2,1-8H3;1,15-19H,2,12-13H2,3-10H3/b24-15+,25-16-;23-20+;/t21-,27+;;18-,19+/m1.1/s1. The Hall–Kier alpha value is -3.22. The molecule has 0 bridgehead atoms. The van der Waals surface area contributed by atoms with Gasteiger partial charge in [-0.25, -0.2) is 0 Å². The van der Waals surface area contributed by atoms with E-state index in [0.717, 1.165) is 101 Å². The Labute approximate surface area is 496 Å². The minimum Gasteiger partial charge on any atom is -0.409 e. The Morgan fingerprint density at radius 2 is 1.29 bits per heavy atom. The molecule has 1 heterocycles. The van der Waals surface area contributed by atoms with Crippen LogP contribution in [0.15, 0.2) is 96.5 Å². The Bertz CT molecular complexity index is 2250. The van der Waals surface area contributed by atoms with Crippen LogP contribution in [0.4, 0.5) is 0 Å². The number of aliphatic hydroxyl groups excluding tert-OH is 1. The lowest BCUT2D eigenvalue weighted by molar-refractivity contribution is 0.00578. The lowest BCUT2D eigenvalue weighted by Crippen LogP contribution is -2.50. The molecule has 1 saturated carbocycles. The van der Waals surface area contributed by atoms with Crippen molar-refractivity contribution in [3.05, 3.63) is 119 Å². The van der Waals surface area contributed by atoms with Crippen LogP contribution in [0.1, 0.15) is 263 Å². The van der Waals surface area contributed by atoms with Crippen molar-refractivity contribution in [2.75, 3.05) is 0 Å². The van der Waals surface area contributed by atoms with Gasteiger partial charge in [0, 0.05) is 6.42 Å². The Balaban J connectivity index is 0.000000418. The smallest absolute Gasteiger partial charge is 0.409 e. The average molecular weight is 1120 g/mol. The van der Waals surface area contributed by atoms with Crippen molar-refractivity contribution in [3.63, 3.8) is 0 Å². The highest BCUT2D eigenvalue weighted by molar-refractivity contribution is 6.77. The molecule has 2 N–H and O–H groups in total. The zero-order valence-electron chi connectivity index (χ0n) is 55.3. The van der Waals surface area contributed by atoms with E-state index in [2.05, 4.69) is 210 Å². The van der Waals surface area contributed by atoms with Gasteiger partial charge in [-0.15, -0.1) is 12.3 Å². The number of unbranched alkanes of at least 4 members (excludes halogenated alkanes) is 4. The number of benzene rings is 2. The minimum atomic E-state index is -1.86. The van der Waals surface area contributed by atoms with Crippen molar-refractivity contribution < 1.29 is 23.9 Å². The van der Waals surface area contributed by atoms with Crippen molar-refractivity contribution >= 4 is 26.6 Å². The van der Waals surface area contributed by atoms with E-state index in [9.17, 15) is 10.2 Å². The van der Waals surface area contributed by atoms with Gasteiger partial charge in [-0.2, -0.15) is 0 Å². The van der Waals surface area contributed by atoms with Crippen LogP contribution in [0.25, 0.3) is 11.1 Å². The van der Waals surface area contributed by atoms with Gasteiger partial charge in [0.25, 0.3) is 0 Å². The predicted molar refractivity (Wildman–Crippen MR) is 354 cm³/mol. The summed E-state index contributed by atoms with van der Waals surface area (Å²) >= 11 is 0. The van der Waals surface area contributed by atoms with E-state index in [1.165, 1.54) is 64.7 Å².